The van der Waals surface area contributed by atoms with Gasteiger partial charge in [0.2, 0.25) is 11.9 Å². The highest BCUT2D eigenvalue weighted by Gasteiger charge is 2.03. The molecule has 100 valence electrons. The number of rotatable bonds is 4. The van der Waals surface area contributed by atoms with Gasteiger partial charge in [-0.2, -0.15) is 0 Å². The first kappa shape index (κ1) is 12.9. The molecule has 0 aliphatic carbocycles. The maximum absolute atomic E-state index is 11.8. The smallest absolute Gasteiger partial charge is 0.260 e. The number of H-pyrrole nitrogens is 1. The summed E-state index contributed by atoms with van der Waals surface area (Å²) in [5.41, 5.74) is 6.46. The van der Waals surface area contributed by atoms with Crippen LogP contribution in [0.2, 0.25) is 0 Å². The molecule has 0 aliphatic heterocycles. The molecule has 7 heteroatoms. The van der Waals surface area contributed by atoms with Crippen molar-refractivity contribution < 1.29 is 4.79 Å². The molecule has 0 unspecified atom stereocenters. The summed E-state index contributed by atoms with van der Waals surface area (Å²) in [4.78, 5) is 29.4. The van der Waals surface area contributed by atoms with Crippen molar-refractivity contribution in [3.63, 3.8) is 0 Å². The Kier molecular flexibility index (Phi) is 3.65. The van der Waals surface area contributed by atoms with Crippen molar-refractivity contribution in [2.75, 3.05) is 24.1 Å². The maximum atomic E-state index is 11.8. The molecular weight excluding hydrogens is 246 g/mol. The number of nitrogens with zero attached hydrogens (tertiary/aromatic N) is 1. The maximum Gasteiger partial charge on any atom is 0.260 e. The number of benzene rings is 1. The van der Waals surface area contributed by atoms with Crippen molar-refractivity contribution in [3.8, 4) is 0 Å². The summed E-state index contributed by atoms with van der Waals surface area (Å²) in [5.74, 6) is 0.268. The molecule has 0 spiro atoms. The third-order valence-corrected chi connectivity index (χ3v) is 2.52. The summed E-state index contributed by atoms with van der Waals surface area (Å²) in [7, 11) is 0. The summed E-state index contributed by atoms with van der Waals surface area (Å²) in [5, 5.41) is 6.02. The van der Waals surface area contributed by atoms with Gasteiger partial charge in [0.05, 0.1) is 10.9 Å². The van der Waals surface area contributed by atoms with Crippen molar-refractivity contribution in [2.45, 2.75) is 6.92 Å². The monoisotopic (exact) mass is 261 g/mol. The fraction of sp³-hybridized carbons (Fsp3) is 0.250. The molecule has 7 nitrogen and oxygen atoms in total. The molecule has 0 fully saturated rings. The summed E-state index contributed by atoms with van der Waals surface area (Å²) in [6.07, 6.45) is 0. The number of carbonyl (C=O) groups excluding carboxylic acids is 1. The number of aromatic amines is 1. The fourth-order valence-electron chi connectivity index (χ4n) is 1.66. The van der Waals surface area contributed by atoms with Crippen LogP contribution in [0, 0.1) is 0 Å². The van der Waals surface area contributed by atoms with Crippen LogP contribution < -0.4 is 21.9 Å². The molecule has 0 atom stereocenters. The summed E-state index contributed by atoms with van der Waals surface area (Å²) >= 11 is 0. The number of carbonyl (C=O) groups is 1. The van der Waals surface area contributed by atoms with E-state index in [1.165, 1.54) is 6.92 Å². The molecule has 1 aromatic heterocycles. The van der Waals surface area contributed by atoms with Crippen LogP contribution in [-0.2, 0) is 4.79 Å². The first-order valence-corrected chi connectivity index (χ1v) is 5.84. The number of amides is 1. The lowest BCUT2D eigenvalue weighted by atomic mass is 10.2. The number of nitrogen functional groups attached to an aromatic ring is 1. The quantitative estimate of drug-likeness (QED) is 0.459. The van der Waals surface area contributed by atoms with E-state index in [-0.39, 0.29) is 11.5 Å². The van der Waals surface area contributed by atoms with Gasteiger partial charge in [-0.15, -0.1) is 0 Å². The first-order chi connectivity index (χ1) is 9.06. The van der Waals surface area contributed by atoms with Crippen molar-refractivity contribution in [3.05, 3.63) is 28.6 Å². The Morgan fingerprint density at radius 2 is 2.21 bits per heavy atom. The van der Waals surface area contributed by atoms with Gasteiger partial charge in [-0.1, -0.05) is 0 Å². The second-order valence-corrected chi connectivity index (χ2v) is 4.10. The van der Waals surface area contributed by atoms with Gasteiger partial charge in [-0.25, -0.2) is 4.98 Å². The second-order valence-electron chi connectivity index (χ2n) is 4.10. The van der Waals surface area contributed by atoms with Crippen molar-refractivity contribution >= 4 is 28.4 Å². The topological polar surface area (TPSA) is 113 Å². The zero-order chi connectivity index (χ0) is 13.8. The van der Waals surface area contributed by atoms with Crippen LogP contribution in [0.15, 0.2) is 23.0 Å². The van der Waals surface area contributed by atoms with Crippen LogP contribution in [-0.4, -0.2) is 29.0 Å². The van der Waals surface area contributed by atoms with Crippen LogP contribution in [0.25, 0.3) is 10.9 Å². The molecule has 0 radical (unpaired) electrons. The molecule has 1 aromatic carbocycles. The Morgan fingerprint density at radius 3 is 2.95 bits per heavy atom. The molecule has 19 heavy (non-hydrogen) atoms. The number of anilines is 2. The molecule has 0 aliphatic rings. The molecule has 1 amide bonds. The van der Waals surface area contributed by atoms with Crippen molar-refractivity contribution in [2.24, 2.45) is 0 Å². The zero-order valence-electron chi connectivity index (χ0n) is 10.5. The molecule has 2 aromatic rings. The Hall–Kier alpha value is -2.57. The van der Waals surface area contributed by atoms with Crippen LogP contribution in [0.1, 0.15) is 6.92 Å². The number of hydrogen-bond acceptors (Lipinski definition) is 5. The average Bonchev–Trinajstić information content (AvgIpc) is 2.35. The highest BCUT2D eigenvalue weighted by atomic mass is 16.1. The van der Waals surface area contributed by atoms with Crippen LogP contribution in [0.4, 0.5) is 11.6 Å². The lowest BCUT2D eigenvalue weighted by Gasteiger charge is -2.07. The zero-order valence-corrected chi connectivity index (χ0v) is 10.5. The SMILES string of the molecule is CC(=O)NCCNc1nc2ccc(N)cc2c(=O)[nH]1. The fourth-order valence-corrected chi connectivity index (χ4v) is 1.66. The average molecular weight is 261 g/mol. The van der Waals surface area contributed by atoms with E-state index < -0.39 is 0 Å². The van der Waals surface area contributed by atoms with Crippen molar-refractivity contribution in [1.29, 1.82) is 0 Å². The summed E-state index contributed by atoms with van der Waals surface area (Å²) in [6, 6.07) is 4.97. The lowest BCUT2D eigenvalue weighted by molar-refractivity contribution is -0.118. The second kappa shape index (κ2) is 5.38. The van der Waals surface area contributed by atoms with Gasteiger partial charge in [0.1, 0.15) is 0 Å². The predicted octanol–water partition coefficient (Wildman–Crippen LogP) is 0.0533. The van der Waals surface area contributed by atoms with Crippen LogP contribution in [0.5, 0.6) is 0 Å². The van der Waals surface area contributed by atoms with Gasteiger partial charge in [0.15, 0.2) is 0 Å². The molecule has 5 N–H and O–H groups in total. The van der Waals surface area contributed by atoms with Gasteiger partial charge >= 0.3 is 0 Å². The van der Waals surface area contributed by atoms with E-state index in [9.17, 15) is 9.59 Å². The lowest BCUT2D eigenvalue weighted by Crippen LogP contribution is -2.27. The highest BCUT2D eigenvalue weighted by molar-refractivity contribution is 5.81. The third-order valence-electron chi connectivity index (χ3n) is 2.52. The van der Waals surface area contributed by atoms with E-state index in [1.54, 1.807) is 18.2 Å². The van der Waals surface area contributed by atoms with Gasteiger partial charge in [0.25, 0.3) is 5.56 Å². The Balaban J connectivity index is 2.15. The van der Waals surface area contributed by atoms with E-state index in [0.29, 0.717) is 35.6 Å². The molecule has 1 heterocycles. The van der Waals surface area contributed by atoms with E-state index in [4.69, 9.17) is 5.73 Å². The number of nitrogens with two attached hydrogens (primary N) is 1. The van der Waals surface area contributed by atoms with Gasteiger partial charge in [-0.05, 0) is 18.2 Å². The van der Waals surface area contributed by atoms with E-state index in [2.05, 4.69) is 20.6 Å². The normalized spacial score (nSPS) is 10.4. The summed E-state index contributed by atoms with van der Waals surface area (Å²) in [6.45, 7) is 2.38. The Bertz CT molecular complexity index is 665. The van der Waals surface area contributed by atoms with Crippen LogP contribution in [0.3, 0.4) is 0 Å². The standard InChI is InChI=1S/C12H15N5O2/c1-7(18)14-4-5-15-12-16-10-3-2-8(13)6-9(10)11(19)17-12/h2-3,6H,4-5,13H2,1H3,(H,14,18)(H2,15,16,17,19). The van der Waals surface area contributed by atoms with E-state index in [0.717, 1.165) is 0 Å². The molecule has 2 rings (SSSR count). The van der Waals surface area contributed by atoms with Gasteiger partial charge in [0, 0.05) is 25.7 Å². The number of fused-ring (bicyclic) bond motifs is 1. The minimum atomic E-state index is -0.251. The largest absolute Gasteiger partial charge is 0.399 e. The first-order valence-electron chi connectivity index (χ1n) is 5.84. The van der Waals surface area contributed by atoms with E-state index >= 15 is 0 Å². The van der Waals surface area contributed by atoms with E-state index in [1.807, 2.05) is 0 Å². The summed E-state index contributed by atoms with van der Waals surface area (Å²) < 4.78 is 0. The number of nitrogens with one attached hydrogen (secondary N) is 3. The van der Waals surface area contributed by atoms with Gasteiger partial charge < -0.3 is 16.4 Å². The minimum Gasteiger partial charge on any atom is -0.399 e. The number of hydrogen-bond donors (Lipinski definition) is 4. The predicted molar refractivity (Wildman–Crippen MR) is 73.9 cm³/mol. The molecule has 0 saturated heterocycles. The van der Waals surface area contributed by atoms with Crippen LogP contribution >= 0.6 is 0 Å². The third kappa shape index (κ3) is 3.21. The number of aromatic nitrogens is 2. The molecule has 0 saturated carbocycles. The van der Waals surface area contributed by atoms with Gasteiger partial charge in [-0.3, -0.25) is 14.6 Å². The Morgan fingerprint density at radius 1 is 1.42 bits per heavy atom. The molecule has 0 bridgehead atoms. The Labute approximate surface area is 109 Å². The minimum absolute atomic E-state index is 0.0998. The molecular formula is C12H15N5O2. The highest BCUT2D eigenvalue weighted by Crippen LogP contribution is 2.12. The van der Waals surface area contributed by atoms with Crippen molar-refractivity contribution in [1.82, 2.24) is 15.3 Å².